The first-order chi connectivity index (χ1) is 4.42. The molecule has 2 heteroatoms. The molecule has 0 aromatic heterocycles. The Morgan fingerprint density at radius 3 is 2.30 bits per heavy atom. The predicted molar refractivity (Wildman–Crippen MR) is 39.5 cm³/mol. The third kappa shape index (κ3) is 7.03. The molecular weight excluding hydrogens is 128 g/mol. The molecule has 0 saturated heterocycles. The summed E-state index contributed by atoms with van der Waals surface area (Å²) in [6.07, 6.45) is 0.624. The highest BCUT2D eigenvalue weighted by atomic mass is 16.4. The monoisotopic (exact) mass is 140 g/mol. The maximum Gasteiger partial charge on any atom is 0.381 e. The van der Waals surface area contributed by atoms with Gasteiger partial charge < -0.3 is 5.11 Å². The van der Waals surface area contributed by atoms with Crippen LogP contribution in [0.4, 0.5) is 0 Å². The molecule has 0 bridgehead atoms. The van der Waals surface area contributed by atoms with Gasteiger partial charge in [-0.1, -0.05) is 26.7 Å². The van der Waals surface area contributed by atoms with Crippen LogP contribution in [0.5, 0.6) is 0 Å². The molecular formula is C8H12O2. The van der Waals surface area contributed by atoms with Crippen molar-refractivity contribution in [2.24, 2.45) is 5.41 Å². The van der Waals surface area contributed by atoms with Gasteiger partial charge in [0.05, 0.1) is 0 Å². The lowest BCUT2D eigenvalue weighted by atomic mass is 9.93. The molecule has 0 rings (SSSR count). The minimum absolute atomic E-state index is 0.0997. The van der Waals surface area contributed by atoms with Gasteiger partial charge in [0.15, 0.2) is 0 Å². The van der Waals surface area contributed by atoms with E-state index in [-0.39, 0.29) is 5.41 Å². The van der Waals surface area contributed by atoms with Crippen molar-refractivity contribution in [1.82, 2.24) is 0 Å². The smallest absolute Gasteiger partial charge is 0.381 e. The Bertz CT molecular complexity index is 176. The summed E-state index contributed by atoms with van der Waals surface area (Å²) in [6, 6.07) is 0. The number of carboxylic acids is 1. The van der Waals surface area contributed by atoms with Crippen LogP contribution in [0.3, 0.4) is 0 Å². The Hall–Kier alpha value is -0.970. The van der Waals surface area contributed by atoms with E-state index in [1.165, 1.54) is 0 Å². The van der Waals surface area contributed by atoms with E-state index in [1.807, 2.05) is 20.8 Å². The first-order valence-electron chi connectivity index (χ1n) is 3.13. The minimum atomic E-state index is -1.05. The zero-order valence-electron chi connectivity index (χ0n) is 6.56. The topological polar surface area (TPSA) is 37.3 Å². The number of aliphatic carboxylic acids is 1. The van der Waals surface area contributed by atoms with Gasteiger partial charge in [0.2, 0.25) is 0 Å². The molecule has 56 valence electrons. The molecule has 0 heterocycles. The Morgan fingerprint density at radius 2 is 2.00 bits per heavy atom. The molecule has 0 saturated carbocycles. The molecule has 0 aromatic rings. The SMILES string of the molecule is CC(C)(C)CC#CC(=O)O. The normalized spacial score (nSPS) is 9.90. The lowest BCUT2D eigenvalue weighted by Crippen LogP contribution is -2.02. The van der Waals surface area contributed by atoms with E-state index in [0.717, 1.165) is 0 Å². The van der Waals surface area contributed by atoms with Crippen LogP contribution in [0.1, 0.15) is 27.2 Å². The van der Waals surface area contributed by atoms with E-state index in [9.17, 15) is 4.79 Å². The summed E-state index contributed by atoms with van der Waals surface area (Å²) in [5.41, 5.74) is 0.0997. The van der Waals surface area contributed by atoms with Crippen molar-refractivity contribution in [3.63, 3.8) is 0 Å². The summed E-state index contributed by atoms with van der Waals surface area (Å²) in [7, 11) is 0. The zero-order chi connectivity index (χ0) is 8.20. The summed E-state index contributed by atoms with van der Waals surface area (Å²) in [5.74, 6) is 3.59. The highest BCUT2D eigenvalue weighted by Gasteiger charge is 2.06. The molecule has 0 aromatic carbocycles. The molecule has 0 amide bonds. The summed E-state index contributed by atoms with van der Waals surface area (Å²) >= 11 is 0. The molecule has 0 fully saturated rings. The Balaban J connectivity index is 3.78. The van der Waals surface area contributed by atoms with Crippen LogP contribution in [0.15, 0.2) is 0 Å². The van der Waals surface area contributed by atoms with Crippen LogP contribution in [0.25, 0.3) is 0 Å². The van der Waals surface area contributed by atoms with Crippen molar-refractivity contribution in [2.75, 3.05) is 0 Å². The Labute approximate surface area is 61.2 Å². The first kappa shape index (κ1) is 9.03. The number of carbonyl (C=O) groups is 1. The molecule has 2 nitrogen and oxygen atoms in total. The van der Waals surface area contributed by atoms with E-state index in [4.69, 9.17) is 5.11 Å². The van der Waals surface area contributed by atoms with Crippen molar-refractivity contribution >= 4 is 5.97 Å². The average molecular weight is 140 g/mol. The van der Waals surface area contributed by atoms with Gasteiger partial charge in [-0.15, -0.1) is 0 Å². The van der Waals surface area contributed by atoms with Gasteiger partial charge in [-0.05, 0) is 5.41 Å². The van der Waals surface area contributed by atoms with E-state index in [1.54, 1.807) is 0 Å². The average Bonchev–Trinajstić information content (AvgIpc) is 1.59. The zero-order valence-corrected chi connectivity index (χ0v) is 6.56. The van der Waals surface area contributed by atoms with Crippen molar-refractivity contribution in [3.05, 3.63) is 0 Å². The van der Waals surface area contributed by atoms with Crippen LogP contribution in [0.2, 0.25) is 0 Å². The predicted octanol–water partition coefficient (Wildman–Crippen LogP) is 1.51. The molecule has 0 spiro atoms. The third-order valence-corrected chi connectivity index (χ3v) is 0.814. The van der Waals surface area contributed by atoms with E-state index in [2.05, 4.69) is 11.8 Å². The number of rotatable bonds is 0. The van der Waals surface area contributed by atoms with Crippen molar-refractivity contribution in [2.45, 2.75) is 27.2 Å². The lowest BCUT2D eigenvalue weighted by Gasteiger charge is -2.12. The highest BCUT2D eigenvalue weighted by Crippen LogP contribution is 2.16. The molecule has 0 atom stereocenters. The molecule has 0 aliphatic heterocycles. The molecule has 0 aliphatic carbocycles. The third-order valence-electron chi connectivity index (χ3n) is 0.814. The second-order valence-electron chi connectivity index (χ2n) is 3.34. The maximum atomic E-state index is 9.91. The standard InChI is InChI=1S/C8H12O2/c1-8(2,3)6-4-5-7(9)10/h6H2,1-3H3,(H,9,10). The van der Waals surface area contributed by atoms with Crippen molar-refractivity contribution in [1.29, 1.82) is 0 Å². The molecule has 1 N–H and O–H groups in total. The molecule has 0 unspecified atom stereocenters. The number of hydrogen-bond donors (Lipinski definition) is 1. The van der Waals surface area contributed by atoms with Crippen LogP contribution >= 0.6 is 0 Å². The van der Waals surface area contributed by atoms with E-state index in [0.29, 0.717) is 6.42 Å². The van der Waals surface area contributed by atoms with Gasteiger partial charge >= 0.3 is 5.97 Å². The van der Waals surface area contributed by atoms with Crippen LogP contribution in [0, 0.1) is 17.3 Å². The first-order valence-corrected chi connectivity index (χ1v) is 3.13. The maximum absolute atomic E-state index is 9.91. The molecule has 10 heavy (non-hydrogen) atoms. The van der Waals surface area contributed by atoms with Gasteiger partial charge in [0, 0.05) is 12.3 Å². The van der Waals surface area contributed by atoms with Gasteiger partial charge in [0.25, 0.3) is 0 Å². The lowest BCUT2D eigenvalue weighted by molar-refractivity contribution is -0.130. The van der Waals surface area contributed by atoms with E-state index >= 15 is 0 Å². The second kappa shape index (κ2) is 3.26. The largest absolute Gasteiger partial charge is 0.472 e. The van der Waals surface area contributed by atoms with Crippen LogP contribution in [-0.2, 0) is 4.79 Å². The fourth-order valence-corrected chi connectivity index (χ4v) is 0.385. The molecule has 0 aliphatic rings. The van der Waals surface area contributed by atoms with Crippen molar-refractivity contribution < 1.29 is 9.90 Å². The van der Waals surface area contributed by atoms with E-state index < -0.39 is 5.97 Å². The quantitative estimate of drug-likeness (QED) is 0.518. The number of hydrogen-bond acceptors (Lipinski definition) is 1. The second-order valence-corrected chi connectivity index (χ2v) is 3.34. The minimum Gasteiger partial charge on any atom is -0.472 e. The fourth-order valence-electron chi connectivity index (χ4n) is 0.385. The van der Waals surface area contributed by atoms with Gasteiger partial charge in [-0.25, -0.2) is 4.79 Å². The Morgan fingerprint density at radius 1 is 1.50 bits per heavy atom. The summed E-state index contributed by atoms with van der Waals surface area (Å²) in [5, 5.41) is 8.14. The van der Waals surface area contributed by atoms with Gasteiger partial charge in [-0.3, -0.25) is 0 Å². The summed E-state index contributed by atoms with van der Waals surface area (Å²) in [4.78, 5) is 9.91. The fraction of sp³-hybridized carbons (Fsp3) is 0.625. The Kier molecular flexibility index (Phi) is 2.95. The van der Waals surface area contributed by atoms with Crippen LogP contribution in [-0.4, -0.2) is 11.1 Å². The highest BCUT2D eigenvalue weighted by molar-refractivity contribution is 5.86. The molecule has 0 radical (unpaired) electrons. The summed E-state index contributed by atoms with van der Waals surface area (Å²) in [6.45, 7) is 6.05. The van der Waals surface area contributed by atoms with Crippen LogP contribution < -0.4 is 0 Å². The van der Waals surface area contributed by atoms with Crippen molar-refractivity contribution in [3.8, 4) is 11.8 Å². The summed E-state index contributed by atoms with van der Waals surface area (Å²) < 4.78 is 0. The van der Waals surface area contributed by atoms with Gasteiger partial charge in [-0.2, -0.15) is 0 Å². The van der Waals surface area contributed by atoms with Gasteiger partial charge in [0.1, 0.15) is 0 Å². The number of carboxylic acid groups (broad SMARTS) is 1.